The number of hydrogen-bond acceptors (Lipinski definition) is 12. The van der Waals surface area contributed by atoms with Gasteiger partial charge in [0, 0.05) is 70.6 Å². The largest absolute Gasteiger partial charge is 0.493 e. The topological polar surface area (TPSA) is 190 Å². The van der Waals surface area contributed by atoms with Crippen LogP contribution in [0.4, 0.5) is 19.2 Å². The summed E-state index contributed by atoms with van der Waals surface area (Å²) in [5.74, 6) is 2.80. The molecule has 16 nitrogen and oxygen atoms in total. The van der Waals surface area contributed by atoms with Crippen LogP contribution in [0.5, 0.6) is 23.0 Å². The summed E-state index contributed by atoms with van der Waals surface area (Å²) in [6.45, 7) is 36.1. The summed E-state index contributed by atoms with van der Waals surface area (Å²) < 4.78 is 46.8. The van der Waals surface area contributed by atoms with Crippen LogP contribution in [0.25, 0.3) is 6.08 Å². The molecule has 0 unspecified atom stereocenters. The van der Waals surface area contributed by atoms with Crippen LogP contribution in [0.3, 0.4) is 0 Å². The average molecular weight is 1330 g/mol. The second-order valence-corrected chi connectivity index (χ2v) is 51.1. The Hall–Kier alpha value is -6.23. The van der Waals surface area contributed by atoms with E-state index in [1.54, 1.807) is 0 Å². The van der Waals surface area contributed by atoms with Gasteiger partial charge in [0.1, 0.15) is 23.0 Å². The lowest BCUT2D eigenvalue weighted by molar-refractivity contribution is 0.150. The van der Waals surface area contributed by atoms with Gasteiger partial charge in [-0.15, -0.1) is 0 Å². The van der Waals surface area contributed by atoms with Crippen molar-refractivity contribution >= 4 is 62.7 Å². The molecule has 0 saturated carbocycles. The third-order valence-electron chi connectivity index (χ3n) is 14.8. The number of nitrogens with one attached hydrogen (secondary N) is 4. The molecular formula is C71H114N4O12Si4. The molecule has 0 atom stereocenters. The number of rotatable bonds is 45. The van der Waals surface area contributed by atoms with E-state index in [0.717, 1.165) is 98.7 Å². The minimum Gasteiger partial charge on any atom is -0.493 e. The lowest BCUT2D eigenvalue weighted by Gasteiger charge is -2.16. The Morgan fingerprint density at radius 3 is 0.813 bits per heavy atom. The van der Waals surface area contributed by atoms with E-state index in [1.165, 1.54) is 22.3 Å². The molecule has 4 aromatic carbocycles. The third kappa shape index (κ3) is 39.0. The SMILES string of the molecule is C=Cc1ccc(CCCc2cc(CCCc3cc(OCCCNC(=O)OCC[Si](C)(C)C)cc(OCCCNC(=O)OCC[Si](C)(C)C)c3)cc(CCCc3cc(OCCCNC(=O)OCC[Si](C)(C)C)cc(OCCCNC(=O)OCC[Si](C)(C)C)c3)c2)cc1. The zero-order valence-corrected chi connectivity index (χ0v) is 61.7. The molecular weight excluding hydrogens is 1210 g/mol. The molecule has 4 rings (SSSR count). The van der Waals surface area contributed by atoms with E-state index in [1.807, 2.05) is 18.2 Å². The van der Waals surface area contributed by atoms with Crippen LogP contribution in [-0.2, 0) is 57.5 Å². The Kier molecular flexibility index (Phi) is 35.1. The molecule has 0 heterocycles. The van der Waals surface area contributed by atoms with Crippen LogP contribution in [0.15, 0.2) is 85.4 Å². The minimum absolute atomic E-state index is 0.399. The van der Waals surface area contributed by atoms with Crippen molar-refractivity contribution in [3.63, 3.8) is 0 Å². The van der Waals surface area contributed by atoms with Crippen LogP contribution < -0.4 is 40.2 Å². The van der Waals surface area contributed by atoms with Gasteiger partial charge in [-0.2, -0.15) is 0 Å². The maximum Gasteiger partial charge on any atom is 0.407 e. The van der Waals surface area contributed by atoms with Gasteiger partial charge in [-0.1, -0.05) is 134 Å². The van der Waals surface area contributed by atoms with Crippen LogP contribution in [0, 0.1) is 0 Å². The molecule has 0 aliphatic rings. The summed E-state index contributed by atoms with van der Waals surface area (Å²) in [7, 11) is -5.24. The third-order valence-corrected chi connectivity index (χ3v) is 21.6. The number of carbonyl (C=O) groups excluding carboxylic acids is 4. The molecule has 0 aromatic heterocycles. The van der Waals surface area contributed by atoms with Crippen molar-refractivity contribution in [3.05, 3.63) is 124 Å². The standard InChI is InChI=1S/C71H114N4O12Si4/c1-14-57-28-30-58(31-29-57)22-15-23-59-48-60(24-16-26-62-51-64(80-36-18-32-72-68(76)84-40-44-88(2,3)4)55-65(52-62)81-37-19-33-73-69(77)85-41-45-89(5,6)7)50-61(49-59)25-17-27-63-53-66(82-38-20-34-74-70(78)86-42-46-90(8,9)10)56-67(54-63)83-39-21-35-75-71(79)87-43-47-91(11,12)13/h14,28-31,48-56H,1,15-27,32-47H2,2-13H3,(H,72,76)(H,73,77)(H,74,78)(H,75,79). The zero-order chi connectivity index (χ0) is 66.6. The number of alkyl carbamates (subject to hydrolysis) is 4. The lowest BCUT2D eigenvalue weighted by Crippen LogP contribution is -2.29. The Morgan fingerprint density at radius 1 is 0.330 bits per heavy atom. The van der Waals surface area contributed by atoms with Crippen molar-refractivity contribution in [2.75, 3.05) is 79.0 Å². The summed E-state index contributed by atoms with van der Waals surface area (Å²) in [6.07, 6.45) is 10.9. The van der Waals surface area contributed by atoms with E-state index < -0.39 is 56.7 Å². The van der Waals surface area contributed by atoms with Gasteiger partial charge in [0.15, 0.2) is 0 Å². The van der Waals surface area contributed by atoms with Gasteiger partial charge in [0.05, 0.1) is 52.9 Å². The van der Waals surface area contributed by atoms with Crippen molar-refractivity contribution in [1.29, 1.82) is 0 Å². The molecule has 91 heavy (non-hydrogen) atoms. The number of hydrogen-bond donors (Lipinski definition) is 4. The smallest absolute Gasteiger partial charge is 0.407 e. The molecule has 0 aliphatic carbocycles. The number of ether oxygens (including phenoxy) is 8. The Balaban J connectivity index is 1.46. The van der Waals surface area contributed by atoms with Gasteiger partial charge >= 0.3 is 24.4 Å². The highest BCUT2D eigenvalue weighted by Gasteiger charge is 2.18. The summed E-state index contributed by atoms with van der Waals surface area (Å²) >= 11 is 0. The van der Waals surface area contributed by atoms with Crippen LogP contribution in [0.1, 0.15) is 83.9 Å². The van der Waals surface area contributed by atoms with Gasteiger partial charge in [-0.25, -0.2) is 19.2 Å². The summed E-state index contributed by atoms with van der Waals surface area (Å²) in [4.78, 5) is 49.3. The van der Waals surface area contributed by atoms with Crippen LogP contribution in [-0.4, -0.2) is 136 Å². The predicted molar refractivity (Wildman–Crippen MR) is 382 cm³/mol. The first kappa shape index (κ1) is 77.2. The van der Waals surface area contributed by atoms with Gasteiger partial charge in [0.2, 0.25) is 0 Å². The van der Waals surface area contributed by atoms with E-state index in [0.29, 0.717) is 128 Å². The van der Waals surface area contributed by atoms with Crippen molar-refractivity contribution < 1.29 is 57.1 Å². The highest BCUT2D eigenvalue weighted by atomic mass is 28.3. The van der Waals surface area contributed by atoms with Crippen molar-refractivity contribution in [2.45, 2.75) is 186 Å². The monoisotopic (exact) mass is 1330 g/mol. The maximum absolute atomic E-state index is 12.3. The first-order chi connectivity index (χ1) is 43.2. The fourth-order valence-corrected chi connectivity index (χ4v) is 12.1. The summed E-state index contributed by atoms with van der Waals surface area (Å²) in [5.41, 5.74) is 8.58. The average Bonchev–Trinajstić information content (AvgIpc) is 3.67. The van der Waals surface area contributed by atoms with Crippen molar-refractivity contribution in [3.8, 4) is 23.0 Å². The molecule has 20 heteroatoms. The van der Waals surface area contributed by atoms with Gasteiger partial charge in [-0.05, 0) is 171 Å². The normalized spacial score (nSPS) is 11.7. The minimum atomic E-state index is -1.31. The predicted octanol–water partition coefficient (Wildman–Crippen LogP) is 16.2. The molecule has 0 fully saturated rings. The van der Waals surface area contributed by atoms with Gasteiger partial charge in [-0.3, -0.25) is 0 Å². The Labute approximate surface area is 550 Å². The number of carbonyl (C=O) groups is 4. The number of amides is 4. The molecule has 4 amide bonds. The molecule has 0 radical (unpaired) electrons. The fraction of sp³-hybridized carbons (Fsp3) is 0.577. The highest BCUT2D eigenvalue weighted by molar-refractivity contribution is 6.77. The Bertz CT molecular complexity index is 2520. The van der Waals surface area contributed by atoms with E-state index in [4.69, 9.17) is 37.9 Å². The lowest BCUT2D eigenvalue weighted by atomic mass is 9.94. The summed E-state index contributed by atoms with van der Waals surface area (Å²) in [5, 5.41) is 11.4. The first-order valence-corrected chi connectivity index (χ1v) is 48.3. The van der Waals surface area contributed by atoms with Crippen molar-refractivity contribution in [2.24, 2.45) is 0 Å². The fourth-order valence-electron chi connectivity index (χ4n) is 9.28. The number of aryl methyl sites for hydroxylation is 6. The highest BCUT2D eigenvalue weighted by Crippen LogP contribution is 2.28. The molecule has 0 aliphatic heterocycles. The molecule has 0 bridgehead atoms. The molecule has 4 aromatic rings. The second kappa shape index (κ2) is 41.4. The van der Waals surface area contributed by atoms with Crippen molar-refractivity contribution in [1.82, 2.24) is 21.3 Å². The van der Waals surface area contributed by atoms with E-state index in [9.17, 15) is 19.2 Å². The van der Waals surface area contributed by atoms with E-state index >= 15 is 0 Å². The molecule has 4 N–H and O–H groups in total. The second-order valence-electron chi connectivity index (χ2n) is 28.6. The van der Waals surface area contributed by atoms with E-state index in [-0.39, 0.29) is 0 Å². The van der Waals surface area contributed by atoms with E-state index in [2.05, 4.69) is 173 Å². The maximum atomic E-state index is 12.3. The van der Waals surface area contributed by atoms with Crippen LogP contribution in [0.2, 0.25) is 103 Å². The summed E-state index contributed by atoms with van der Waals surface area (Å²) in [6, 6.07) is 31.6. The van der Waals surface area contributed by atoms with Gasteiger partial charge in [0.25, 0.3) is 0 Å². The van der Waals surface area contributed by atoms with Gasteiger partial charge < -0.3 is 59.2 Å². The quantitative estimate of drug-likeness (QED) is 0.0186. The van der Waals surface area contributed by atoms with Crippen LogP contribution >= 0.6 is 0 Å². The Morgan fingerprint density at radius 2 is 0.571 bits per heavy atom. The molecule has 0 spiro atoms. The number of benzene rings is 4. The first-order valence-electron chi connectivity index (χ1n) is 33.4. The molecule has 506 valence electrons. The molecule has 0 saturated heterocycles. The zero-order valence-electron chi connectivity index (χ0n) is 57.7.